The Kier molecular flexibility index (Phi) is 20.5. The number of epoxide rings is 4. The van der Waals surface area contributed by atoms with Gasteiger partial charge in [0.25, 0.3) is 0 Å². The van der Waals surface area contributed by atoms with Crippen LogP contribution in [0.5, 0.6) is 23.0 Å². The first-order valence-corrected chi connectivity index (χ1v) is 36.4. The van der Waals surface area contributed by atoms with Crippen LogP contribution in [0.25, 0.3) is 0 Å². The highest BCUT2D eigenvalue weighted by molar-refractivity contribution is 5.90. The predicted molar refractivity (Wildman–Crippen MR) is 389 cm³/mol. The number of nitrogens with zero attached hydrogens (tertiary/aromatic N) is 2. The number of para-hydroxylation sites is 4. The maximum atomic E-state index is 13.5. The molecule has 6 fully saturated rings. The summed E-state index contributed by atoms with van der Waals surface area (Å²) in [5.41, 5.74) is 11.8. The van der Waals surface area contributed by atoms with Crippen molar-refractivity contribution in [1.29, 1.82) is 0 Å². The van der Waals surface area contributed by atoms with Gasteiger partial charge in [0.05, 0.1) is 39.5 Å². The number of hydrogen-bond acceptors (Lipinski definition) is 14. The van der Waals surface area contributed by atoms with Gasteiger partial charge in [0, 0.05) is 22.5 Å². The van der Waals surface area contributed by atoms with Gasteiger partial charge in [-0.1, -0.05) is 165 Å². The molecule has 0 aromatic heterocycles. The minimum atomic E-state index is -0.475. The van der Waals surface area contributed by atoms with Crippen molar-refractivity contribution in [3.63, 3.8) is 0 Å². The zero-order valence-corrected chi connectivity index (χ0v) is 59.9. The van der Waals surface area contributed by atoms with E-state index in [0.29, 0.717) is 59.0 Å². The van der Waals surface area contributed by atoms with Crippen LogP contribution in [-0.4, -0.2) is 128 Å². The number of carbonyl (C=O) groups excluding carboxylic acids is 2. The summed E-state index contributed by atoms with van der Waals surface area (Å²) in [5, 5.41) is 0. The molecule has 16 heteroatoms. The van der Waals surface area contributed by atoms with Crippen molar-refractivity contribution < 1.29 is 66.4 Å². The van der Waals surface area contributed by atoms with Crippen LogP contribution in [0, 0.1) is 10.8 Å². The van der Waals surface area contributed by atoms with E-state index < -0.39 is 24.4 Å². The van der Waals surface area contributed by atoms with Crippen LogP contribution < -0.4 is 28.7 Å². The number of rotatable bonds is 34. The quantitative estimate of drug-likeness (QED) is 0.0350. The summed E-state index contributed by atoms with van der Waals surface area (Å²) in [6, 6.07) is 47.3. The zero-order chi connectivity index (χ0) is 69.9. The van der Waals surface area contributed by atoms with E-state index in [4.69, 9.17) is 56.8 Å². The molecule has 8 aliphatic rings. The highest BCUT2D eigenvalue weighted by Gasteiger charge is 2.40. The molecule has 6 atom stereocenters. The van der Waals surface area contributed by atoms with Gasteiger partial charge in [0.2, 0.25) is 0 Å². The van der Waals surface area contributed by atoms with Crippen molar-refractivity contribution in [2.24, 2.45) is 10.8 Å². The molecule has 6 aliphatic heterocycles. The van der Waals surface area contributed by atoms with Crippen LogP contribution in [0.3, 0.4) is 0 Å². The van der Waals surface area contributed by atoms with Gasteiger partial charge in [-0.25, -0.2) is 9.59 Å². The summed E-state index contributed by atoms with van der Waals surface area (Å²) >= 11 is 0. The third-order valence-electron chi connectivity index (χ3n) is 20.7. The summed E-state index contributed by atoms with van der Waals surface area (Å²) in [4.78, 5) is 30.3. The highest BCUT2D eigenvalue weighted by Crippen LogP contribution is 2.48. The van der Waals surface area contributed by atoms with Crippen molar-refractivity contribution in [3.05, 3.63) is 225 Å². The molecule has 6 saturated heterocycles. The minimum absolute atomic E-state index is 0.0972. The van der Waals surface area contributed by atoms with Gasteiger partial charge in [-0.3, -0.25) is 9.80 Å². The topological polar surface area (TPSA) is 165 Å². The fraction of sp³-hybridized carbons (Fsp3) is 0.459. The third kappa shape index (κ3) is 17.3. The molecule has 2 amide bonds. The Labute approximate surface area is 595 Å². The standard InChI is InChI=1S/C85H98N2O14/c1-82(2,42-60-21-17-26-73(78(60)98-54-68-50-92-68)85(7,8)41-59-20-10-14-28-75(59)95-52-66-48-90-66)70-23-11-15-29-76(70)96-47-65-45-87(81(89)101-65)63-37-33-57(34-38-63)39-56-31-35-62(36-32-56)86-44-64(100-80(86)88)46-94-74-27-13-9-19-58(74)40-84(5,6)72-25-18-22-61(79(72)99-55-69-51-93-69)43-83(3,4)71-24-12-16-30-77(71)97-53-67-49-91-67/h9-11,13-15,18-20,22-38,64-69H,12,16-17,21,39-55H2,1-8H3. The van der Waals surface area contributed by atoms with Crippen LogP contribution in [0.2, 0.25) is 0 Å². The summed E-state index contributed by atoms with van der Waals surface area (Å²) in [5.74, 6) is 5.28. The van der Waals surface area contributed by atoms with Gasteiger partial charge in [0.1, 0.15) is 98.6 Å². The Morgan fingerprint density at radius 3 is 1.40 bits per heavy atom. The second-order valence-electron chi connectivity index (χ2n) is 31.0. The summed E-state index contributed by atoms with van der Waals surface area (Å²) in [6.07, 6.45) is 13.2. The normalized spacial score (nSPS) is 21.8. The average molecular weight is 1370 g/mol. The Balaban J connectivity index is 0.564. The Morgan fingerprint density at radius 1 is 0.396 bits per heavy atom. The van der Waals surface area contributed by atoms with Gasteiger partial charge in [-0.05, 0) is 173 Å². The number of anilines is 2. The van der Waals surface area contributed by atoms with Gasteiger partial charge < -0.3 is 56.8 Å². The van der Waals surface area contributed by atoms with Crippen LogP contribution in [0.15, 0.2) is 186 Å². The molecule has 532 valence electrons. The van der Waals surface area contributed by atoms with E-state index in [2.05, 4.69) is 128 Å². The van der Waals surface area contributed by atoms with Gasteiger partial charge in [-0.2, -0.15) is 0 Å². The lowest BCUT2D eigenvalue weighted by Crippen LogP contribution is -2.28. The van der Waals surface area contributed by atoms with Crippen molar-refractivity contribution in [2.45, 2.75) is 161 Å². The number of cyclic esters (lactones) is 2. The predicted octanol–water partition coefficient (Wildman–Crippen LogP) is 16.1. The fourth-order valence-electron chi connectivity index (χ4n) is 14.8. The maximum Gasteiger partial charge on any atom is 0.414 e. The van der Waals surface area contributed by atoms with E-state index in [9.17, 15) is 9.59 Å². The monoisotopic (exact) mass is 1370 g/mol. The van der Waals surface area contributed by atoms with Crippen LogP contribution in [0.1, 0.15) is 126 Å². The van der Waals surface area contributed by atoms with Crippen LogP contribution in [-0.2, 0) is 74.4 Å². The van der Waals surface area contributed by atoms with Gasteiger partial charge in [-0.15, -0.1) is 0 Å². The highest BCUT2D eigenvalue weighted by atomic mass is 16.6. The van der Waals surface area contributed by atoms with Crippen molar-refractivity contribution >= 4 is 23.6 Å². The number of carbonyl (C=O) groups is 2. The minimum Gasteiger partial charge on any atom is -0.491 e. The van der Waals surface area contributed by atoms with E-state index >= 15 is 0 Å². The molecule has 2 aliphatic carbocycles. The lowest BCUT2D eigenvalue weighted by atomic mass is 9.71. The Morgan fingerprint density at radius 2 is 0.822 bits per heavy atom. The number of allylic oxidation sites excluding steroid dienone is 6. The van der Waals surface area contributed by atoms with E-state index in [1.54, 1.807) is 9.80 Å². The van der Waals surface area contributed by atoms with E-state index in [-0.39, 0.29) is 59.3 Å². The summed E-state index contributed by atoms with van der Waals surface area (Å²) < 4.78 is 73.5. The molecule has 6 aromatic carbocycles. The second kappa shape index (κ2) is 29.8. The van der Waals surface area contributed by atoms with Gasteiger partial charge >= 0.3 is 12.2 Å². The largest absolute Gasteiger partial charge is 0.491 e. The second-order valence-corrected chi connectivity index (χ2v) is 31.0. The number of hydrogen-bond donors (Lipinski definition) is 0. The molecule has 0 spiro atoms. The summed E-state index contributed by atoms with van der Waals surface area (Å²) in [6.45, 7) is 24.5. The van der Waals surface area contributed by atoms with E-state index in [1.807, 2.05) is 84.9 Å². The molecular weight excluding hydrogens is 1270 g/mol. The Hall–Kier alpha value is -8.54. The van der Waals surface area contributed by atoms with E-state index in [1.165, 1.54) is 16.7 Å². The zero-order valence-electron chi connectivity index (χ0n) is 59.9. The van der Waals surface area contributed by atoms with Crippen LogP contribution >= 0.6 is 0 Å². The third-order valence-corrected chi connectivity index (χ3v) is 20.7. The maximum absolute atomic E-state index is 13.5. The molecule has 0 N–H and O–H groups in total. The number of amides is 2. The lowest BCUT2D eigenvalue weighted by molar-refractivity contribution is 0.104. The molecule has 0 radical (unpaired) electrons. The van der Waals surface area contributed by atoms with Gasteiger partial charge in [0.15, 0.2) is 12.2 Å². The molecule has 6 heterocycles. The molecule has 6 unspecified atom stereocenters. The van der Waals surface area contributed by atoms with Crippen molar-refractivity contribution in [3.8, 4) is 23.0 Å². The summed E-state index contributed by atoms with van der Waals surface area (Å²) in [7, 11) is 0. The molecule has 0 bridgehead atoms. The molecule has 16 nitrogen and oxygen atoms in total. The first-order chi connectivity index (χ1) is 48.8. The lowest BCUT2D eigenvalue weighted by Gasteiger charge is -2.36. The van der Waals surface area contributed by atoms with E-state index in [0.717, 1.165) is 150 Å². The fourth-order valence-corrected chi connectivity index (χ4v) is 14.8. The number of benzene rings is 6. The Bertz CT molecular complexity index is 4070. The smallest absolute Gasteiger partial charge is 0.414 e. The SMILES string of the molecule is CC(C)(Cc1cccc(C(C)(C)Cc2ccccc2OCC2CN(c3ccc(Cc4ccc(N5CC(COc6ccccc6C(C)(C)CC6=C(OCC7CO7)C(C(C)(C)Cc7ccccc7OCC7CO7)=CCC6)OC5=O)cc4)cc3)C(=O)O2)c1OCC1CO1)C1=CCCC=C1OCC1CO1. The number of ether oxygens (including phenoxy) is 12. The molecule has 14 rings (SSSR count). The first-order valence-electron chi connectivity index (χ1n) is 36.4. The van der Waals surface area contributed by atoms with Crippen molar-refractivity contribution in [1.82, 2.24) is 0 Å². The molecule has 0 saturated carbocycles. The van der Waals surface area contributed by atoms with Crippen LogP contribution in [0.4, 0.5) is 21.0 Å². The molecule has 6 aromatic rings. The molecular formula is C85H98N2O14. The molecule has 101 heavy (non-hydrogen) atoms. The average Bonchev–Trinajstić information content (AvgIpc) is 1.61. The van der Waals surface area contributed by atoms with Crippen molar-refractivity contribution in [2.75, 3.05) is 89.0 Å². The first kappa shape index (κ1) is 69.5.